The molecule has 0 radical (unpaired) electrons. The first-order valence-electron chi connectivity index (χ1n) is 9.50. The molecule has 25 heavy (non-hydrogen) atoms. The Morgan fingerprint density at radius 2 is 1.04 bits per heavy atom. The van der Waals surface area contributed by atoms with Gasteiger partial charge < -0.3 is 4.74 Å². The SMILES string of the molecule is C1=CC(OC2(c3ccccc3)C=CCCC2)(c2ccccc2)CCC1. The van der Waals surface area contributed by atoms with Crippen molar-refractivity contribution >= 4 is 0 Å². The van der Waals surface area contributed by atoms with Crippen LogP contribution in [0.3, 0.4) is 0 Å². The van der Waals surface area contributed by atoms with Gasteiger partial charge in [0.2, 0.25) is 0 Å². The van der Waals surface area contributed by atoms with Gasteiger partial charge in [-0.25, -0.2) is 0 Å². The first-order chi connectivity index (χ1) is 12.3. The zero-order valence-corrected chi connectivity index (χ0v) is 14.7. The molecular formula is C24H26O. The highest BCUT2D eigenvalue weighted by molar-refractivity contribution is 5.34. The van der Waals surface area contributed by atoms with Gasteiger partial charge in [0, 0.05) is 0 Å². The molecule has 0 heterocycles. The highest BCUT2D eigenvalue weighted by Crippen LogP contribution is 2.46. The Hall–Kier alpha value is -2.12. The summed E-state index contributed by atoms with van der Waals surface area (Å²) in [5, 5.41) is 0. The largest absolute Gasteiger partial charge is 0.351 e. The monoisotopic (exact) mass is 330 g/mol. The molecule has 2 atom stereocenters. The maximum atomic E-state index is 7.11. The molecule has 0 saturated carbocycles. The third-order valence-electron chi connectivity index (χ3n) is 5.50. The van der Waals surface area contributed by atoms with Crippen LogP contribution in [0.5, 0.6) is 0 Å². The lowest BCUT2D eigenvalue weighted by Gasteiger charge is -2.44. The van der Waals surface area contributed by atoms with Gasteiger partial charge in [-0.1, -0.05) is 85.0 Å². The third-order valence-corrected chi connectivity index (χ3v) is 5.50. The van der Waals surface area contributed by atoms with Crippen molar-refractivity contribution in [3.05, 3.63) is 96.1 Å². The number of ether oxygens (including phenoxy) is 1. The molecule has 2 aliphatic carbocycles. The molecule has 0 fully saturated rings. The lowest BCUT2D eigenvalue weighted by atomic mass is 9.80. The van der Waals surface area contributed by atoms with E-state index < -0.39 is 0 Å². The molecule has 0 amide bonds. The fourth-order valence-electron chi connectivity index (χ4n) is 4.21. The van der Waals surface area contributed by atoms with Gasteiger partial charge in [0.05, 0.1) is 0 Å². The first-order valence-corrected chi connectivity index (χ1v) is 9.50. The Labute approximate surface area is 151 Å². The molecule has 0 aliphatic heterocycles. The van der Waals surface area contributed by atoms with Crippen LogP contribution >= 0.6 is 0 Å². The van der Waals surface area contributed by atoms with Crippen LogP contribution in [-0.2, 0) is 15.9 Å². The lowest BCUT2D eigenvalue weighted by molar-refractivity contribution is -0.130. The van der Waals surface area contributed by atoms with Crippen LogP contribution in [0.25, 0.3) is 0 Å². The van der Waals surface area contributed by atoms with Crippen molar-refractivity contribution in [1.29, 1.82) is 0 Å². The van der Waals surface area contributed by atoms with Crippen LogP contribution in [0.15, 0.2) is 85.0 Å². The quantitative estimate of drug-likeness (QED) is 0.600. The summed E-state index contributed by atoms with van der Waals surface area (Å²) >= 11 is 0. The topological polar surface area (TPSA) is 9.23 Å². The number of hydrogen-bond acceptors (Lipinski definition) is 1. The standard InChI is InChI=1S/C24H26O/c1-5-13-21(14-6-1)23(17-9-3-10-18-23)25-24(19-11-4-12-20-24)22-15-7-2-8-16-22/h1-2,5-9,11,13-17,19H,3-4,10,12,18,20H2. The highest BCUT2D eigenvalue weighted by Gasteiger charge is 2.42. The summed E-state index contributed by atoms with van der Waals surface area (Å²) < 4.78 is 7.11. The van der Waals surface area contributed by atoms with E-state index in [-0.39, 0.29) is 11.2 Å². The Morgan fingerprint density at radius 3 is 1.40 bits per heavy atom. The van der Waals surface area contributed by atoms with Crippen molar-refractivity contribution in [2.24, 2.45) is 0 Å². The average molecular weight is 330 g/mol. The van der Waals surface area contributed by atoms with Gasteiger partial charge >= 0.3 is 0 Å². The highest BCUT2D eigenvalue weighted by atomic mass is 16.5. The zero-order chi connectivity index (χ0) is 17.0. The molecule has 128 valence electrons. The Morgan fingerprint density at radius 1 is 0.600 bits per heavy atom. The van der Waals surface area contributed by atoms with Crippen molar-refractivity contribution < 1.29 is 4.74 Å². The van der Waals surface area contributed by atoms with Crippen LogP contribution in [-0.4, -0.2) is 0 Å². The molecule has 0 bridgehead atoms. The van der Waals surface area contributed by atoms with E-state index in [1.165, 1.54) is 24.0 Å². The molecule has 2 aromatic carbocycles. The maximum Gasteiger partial charge on any atom is 0.113 e. The van der Waals surface area contributed by atoms with E-state index in [4.69, 9.17) is 4.74 Å². The van der Waals surface area contributed by atoms with Crippen molar-refractivity contribution in [2.45, 2.75) is 49.7 Å². The Bertz CT molecular complexity index is 681. The van der Waals surface area contributed by atoms with Gasteiger partial charge in [-0.2, -0.15) is 0 Å². The number of rotatable bonds is 4. The summed E-state index contributed by atoms with van der Waals surface area (Å²) in [4.78, 5) is 0. The predicted molar refractivity (Wildman–Crippen MR) is 103 cm³/mol. The molecule has 2 aromatic rings. The molecule has 0 N–H and O–H groups in total. The van der Waals surface area contributed by atoms with Crippen molar-refractivity contribution in [3.8, 4) is 0 Å². The number of benzene rings is 2. The summed E-state index contributed by atoms with van der Waals surface area (Å²) in [6.07, 6.45) is 15.9. The minimum absolute atomic E-state index is 0.336. The minimum Gasteiger partial charge on any atom is -0.351 e. The molecule has 1 nitrogen and oxygen atoms in total. The van der Waals surface area contributed by atoms with Crippen molar-refractivity contribution in [2.75, 3.05) is 0 Å². The summed E-state index contributed by atoms with van der Waals surface area (Å²) in [5.41, 5.74) is 1.86. The van der Waals surface area contributed by atoms with Crippen molar-refractivity contribution in [1.82, 2.24) is 0 Å². The maximum absolute atomic E-state index is 7.11. The summed E-state index contributed by atoms with van der Waals surface area (Å²) in [6.45, 7) is 0. The number of hydrogen-bond donors (Lipinski definition) is 0. The van der Waals surface area contributed by atoms with Crippen LogP contribution in [0.2, 0.25) is 0 Å². The van der Waals surface area contributed by atoms with Crippen molar-refractivity contribution in [3.63, 3.8) is 0 Å². The smallest absolute Gasteiger partial charge is 0.113 e. The summed E-state index contributed by atoms with van der Waals surface area (Å²) in [5.74, 6) is 0. The second-order valence-corrected chi connectivity index (χ2v) is 7.20. The lowest BCUT2D eigenvalue weighted by Crippen LogP contribution is -2.40. The van der Waals surface area contributed by atoms with Gasteiger partial charge in [-0.15, -0.1) is 0 Å². The van der Waals surface area contributed by atoms with E-state index in [2.05, 4.69) is 85.0 Å². The molecule has 4 rings (SSSR count). The van der Waals surface area contributed by atoms with E-state index in [0.29, 0.717) is 0 Å². The van der Waals surface area contributed by atoms with E-state index >= 15 is 0 Å². The van der Waals surface area contributed by atoms with Gasteiger partial charge in [0.25, 0.3) is 0 Å². The average Bonchev–Trinajstić information content (AvgIpc) is 2.71. The Balaban J connectivity index is 1.80. The van der Waals surface area contributed by atoms with E-state index in [1.54, 1.807) is 0 Å². The van der Waals surface area contributed by atoms with Crippen LogP contribution in [0, 0.1) is 0 Å². The Kier molecular flexibility index (Phi) is 4.59. The van der Waals surface area contributed by atoms with E-state index in [0.717, 1.165) is 25.7 Å². The summed E-state index contributed by atoms with van der Waals surface area (Å²) in [7, 11) is 0. The molecule has 0 aromatic heterocycles. The third kappa shape index (κ3) is 3.21. The van der Waals surface area contributed by atoms with Gasteiger partial charge in [0.15, 0.2) is 0 Å². The van der Waals surface area contributed by atoms with Gasteiger partial charge in [0.1, 0.15) is 11.2 Å². The van der Waals surface area contributed by atoms with Crippen LogP contribution < -0.4 is 0 Å². The normalized spacial score (nSPS) is 28.8. The van der Waals surface area contributed by atoms with Gasteiger partial charge in [-0.3, -0.25) is 0 Å². The van der Waals surface area contributed by atoms with Crippen LogP contribution in [0.1, 0.15) is 49.7 Å². The second kappa shape index (κ2) is 7.01. The second-order valence-electron chi connectivity index (χ2n) is 7.20. The van der Waals surface area contributed by atoms with E-state index in [9.17, 15) is 0 Å². The molecular weight excluding hydrogens is 304 g/mol. The molecule has 0 spiro atoms. The first kappa shape index (κ1) is 16.4. The number of allylic oxidation sites excluding steroid dienone is 2. The summed E-state index contributed by atoms with van der Waals surface area (Å²) in [6, 6.07) is 21.5. The molecule has 2 aliphatic rings. The predicted octanol–water partition coefficient (Wildman–Crippen LogP) is 6.27. The molecule has 2 unspecified atom stereocenters. The van der Waals surface area contributed by atoms with Crippen LogP contribution in [0.4, 0.5) is 0 Å². The minimum atomic E-state index is -0.336. The fraction of sp³-hybridized carbons (Fsp3) is 0.333. The zero-order valence-electron chi connectivity index (χ0n) is 14.7. The van der Waals surface area contributed by atoms with Gasteiger partial charge in [-0.05, 0) is 49.7 Å². The van der Waals surface area contributed by atoms with E-state index in [1.807, 2.05) is 0 Å². The molecule has 0 saturated heterocycles. The fourth-order valence-corrected chi connectivity index (χ4v) is 4.21. The molecule has 1 heteroatoms.